The number of nitrogens with one attached hydrogen (secondary N) is 1. The minimum atomic E-state index is -0.114. The Bertz CT molecular complexity index is 710. The van der Waals surface area contributed by atoms with Crippen molar-refractivity contribution in [2.45, 2.75) is 4.90 Å². The van der Waals surface area contributed by atoms with Crippen LogP contribution in [0.4, 0.5) is 5.69 Å². The van der Waals surface area contributed by atoms with Crippen LogP contribution in [-0.4, -0.2) is 18.8 Å². The van der Waals surface area contributed by atoms with Crippen molar-refractivity contribution >= 4 is 35.5 Å². The summed E-state index contributed by atoms with van der Waals surface area (Å²) in [6, 6.07) is 14.0. The standard InChI is InChI=1S/C17H15NO2S/c1-21-16-5-3-2-4-13(16)8-6-12-7-9-15-14(10-12)18-17(19)11-20-15/h2-10H,11H2,1H3,(H,18,19)/b8-6+. The lowest BCUT2D eigenvalue weighted by molar-refractivity contribution is -0.118. The lowest BCUT2D eigenvalue weighted by Crippen LogP contribution is -2.25. The molecule has 21 heavy (non-hydrogen) atoms. The Labute approximate surface area is 128 Å². The Hall–Kier alpha value is -2.20. The summed E-state index contributed by atoms with van der Waals surface area (Å²) >= 11 is 1.73. The van der Waals surface area contributed by atoms with Crippen molar-refractivity contribution in [3.8, 4) is 5.75 Å². The lowest BCUT2D eigenvalue weighted by Gasteiger charge is -2.17. The molecule has 0 spiro atoms. The minimum Gasteiger partial charge on any atom is -0.482 e. The Morgan fingerprint density at radius 2 is 2.05 bits per heavy atom. The molecule has 0 bridgehead atoms. The molecule has 3 rings (SSSR count). The average Bonchev–Trinajstić information content (AvgIpc) is 2.52. The summed E-state index contributed by atoms with van der Waals surface area (Å²) in [7, 11) is 0. The maximum atomic E-state index is 11.3. The SMILES string of the molecule is CSc1ccccc1/C=C/c1ccc2c(c1)NC(=O)CO2. The molecule has 0 aromatic heterocycles. The molecule has 1 aliphatic rings. The van der Waals surface area contributed by atoms with Crippen LogP contribution in [0.5, 0.6) is 5.75 Å². The lowest BCUT2D eigenvalue weighted by atomic mass is 10.1. The van der Waals surface area contributed by atoms with Gasteiger partial charge in [0.2, 0.25) is 0 Å². The first-order valence-electron chi connectivity index (χ1n) is 6.64. The maximum absolute atomic E-state index is 11.3. The van der Waals surface area contributed by atoms with Crippen LogP contribution in [0.2, 0.25) is 0 Å². The van der Waals surface area contributed by atoms with E-state index in [1.54, 1.807) is 11.8 Å². The fraction of sp³-hybridized carbons (Fsp3) is 0.118. The number of hydrogen-bond acceptors (Lipinski definition) is 3. The predicted octanol–water partition coefficient (Wildman–Crippen LogP) is 3.91. The van der Waals surface area contributed by atoms with E-state index in [0.717, 1.165) is 17.0 Å². The van der Waals surface area contributed by atoms with E-state index in [0.29, 0.717) is 0 Å². The van der Waals surface area contributed by atoms with Gasteiger partial charge >= 0.3 is 0 Å². The van der Waals surface area contributed by atoms with Crippen LogP contribution in [0.3, 0.4) is 0 Å². The fourth-order valence-corrected chi connectivity index (χ4v) is 2.78. The molecule has 0 saturated heterocycles. The number of anilines is 1. The highest BCUT2D eigenvalue weighted by Crippen LogP contribution is 2.29. The number of hydrogen-bond donors (Lipinski definition) is 1. The summed E-state index contributed by atoms with van der Waals surface area (Å²) in [5.74, 6) is 0.604. The molecule has 0 radical (unpaired) electrons. The number of carbonyl (C=O) groups excluding carboxylic acids is 1. The van der Waals surface area contributed by atoms with E-state index in [4.69, 9.17) is 4.74 Å². The van der Waals surface area contributed by atoms with Gasteiger partial charge in [0.1, 0.15) is 5.75 Å². The number of carbonyl (C=O) groups is 1. The average molecular weight is 297 g/mol. The van der Waals surface area contributed by atoms with Crippen molar-refractivity contribution in [2.75, 3.05) is 18.2 Å². The summed E-state index contributed by atoms with van der Waals surface area (Å²) in [4.78, 5) is 12.6. The van der Waals surface area contributed by atoms with Crippen LogP contribution >= 0.6 is 11.8 Å². The molecule has 1 N–H and O–H groups in total. The van der Waals surface area contributed by atoms with Crippen LogP contribution in [0, 0.1) is 0 Å². The molecule has 2 aromatic rings. The second-order valence-electron chi connectivity index (χ2n) is 4.67. The van der Waals surface area contributed by atoms with Crippen molar-refractivity contribution in [3.05, 3.63) is 53.6 Å². The van der Waals surface area contributed by atoms with Crippen molar-refractivity contribution in [1.82, 2.24) is 0 Å². The summed E-state index contributed by atoms with van der Waals surface area (Å²) < 4.78 is 5.35. The third-order valence-corrected chi connectivity index (χ3v) is 4.04. The smallest absolute Gasteiger partial charge is 0.262 e. The Kier molecular flexibility index (Phi) is 3.97. The number of amides is 1. The van der Waals surface area contributed by atoms with Gasteiger partial charge in [0.25, 0.3) is 5.91 Å². The molecule has 1 amide bonds. The van der Waals surface area contributed by atoms with Gasteiger partial charge in [-0.3, -0.25) is 4.79 Å². The zero-order valence-electron chi connectivity index (χ0n) is 11.6. The van der Waals surface area contributed by atoms with E-state index < -0.39 is 0 Å². The van der Waals surface area contributed by atoms with Gasteiger partial charge in [0.15, 0.2) is 6.61 Å². The molecule has 2 aromatic carbocycles. The monoisotopic (exact) mass is 297 g/mol. The largest absolute Gasteiger partial charge is 0.482 e. The van der Waals surface area contributed by atoms with Gasteiger partial charge in [-0.2, -0.15) is 0 Å². The zero-order chi connectivity index (χ0) is 14.7. The molecule has 106 valence electrons. The highest BCUT2D eigenvalue weighted by Gasteiger charge is 2.15. The summed E-state index contributed by atoms with van der Waals surface area (Å²) in [6.45, 7) is 0.0866. The minimum absolute atomic E-state index is 0.0866. The van der Waals surface area contributed by atoms with E-state index in [1.807, 2.05) is 36.4 Å². The normalized spacial score (nSPS) is 13.7. The van der Waals surface area contributed by atoms with E-state index >= 15 is 0 Å². The molecule has 4 heteroatoms. The van der Waals surface area contributed by atoms with E-state index in [-0.39, 0.29) is 12.5 Å². The van der Waals surface area contributed by atoms with Crippen molar-refractivity contribution in [2.24, 2.45) is 0 Å². The number of rotatable bonds is 3. The third-order valence-electron chi connectivity index (χ3n) is 3.23. The van der Waals surface area contributed by atoms with Gasteiger partial charge in [-0.1, -0.05) is 36.4 Å². The fourth-order valence-electron chi connectivity index (χ4n) is 2.19. The first-order chi connectivity index (χ1) is 10.3. The number of ether oxygens (including phenoxy) is 1. The second kappa shape index (κ2) is 6.06. The zero-order valence-corrected chi connectivity index (χ0v) is 12.4. The first kappa shape index (κ1) is 13.8. The van der Waals surface area contributed by atoms with Gasteiger partial charge in [-0.05, 0) is 35.6 Å². The molecule has 1 heterocycles. The Balaban J connectivity index is 1.86. The van der Waals surface area contributed by atoms with E-state index in [2.05, 4.69) is 29.8 Å². The topological polar surface area (TPSA) is 38.3 Å². The summed E-state index contributed by atoms with van der Waals surface area (Å²) in [5, 5.41) is 2.82. The van der Waals surface area contributed by atoms with Gasteiger partial charge in [0.05, 0.1) is 5.69 Å². The summed E-state index contributed by atoms with van der Waals surface area (Å²) in [6.07, 6.45) is 6.19. The molecule has 0 atom stereocenters. The van der Waals surface area contributed by atoms with Crippen molar-refractivity contribution in [3.63, 3.8) is 0 Å². The second-order valence-corrected chi connectivity index (χ2v) is 5.52. The Morgan fingerprint density at radius 3 is 2.90 bits per heavy atom. The van der Waals surface area contributed by atoms with Crippen LogP contribution in [-0.2, 0) is 4.79 Å². The Morgan fingerprint density at radius 1 is 1.19 bits per heavy atom. The van der Waals surface area contributed by atoms with Gasteiger partial charge in [-0.25, -0.2) is 0 Å². The molecule has 0 fully saturated rings. The van der Waals surface area contributed by atoms with E-state index in [9.17, 15) is 4.79 Å². The number of thioether (sulfide) groups is 1. The van der Waals surface area contributed by atoms with Crippen LogP contribution in [0.1, 0.15) is 11.1 Å². The highest BCUT2D eigenvalue weighted by molar-refractivity contribution is 7.98. The first-order valence-corrected chi connectivity index (χ1v) is 7.86. The predicted molar refractivity (Wildman–Crippen MR) is 87.7 cm³/mol. The molecule has 3 nitrogen and oxygen atoms in total. The molecular weight excluding hydrogens is 282 g/mol. The molecule has 0 saturated carbocycles. The van der Waals surface area contributed by atoms with Crippen molar-refractivity contribution < 1.29 is 9.53 Å². The molecule has 1 aliphatic heterocycles. The quantitative estimate of drug-likeness (QED) is 0.689. The molecule has 0 aliphatic carbocycles. The van der Waals surface area contributed by atoms with E-state index in [1.165, 1.54) is 10.5 Å². The van der Waals surface area contributed by atoms with Gasteiger partial charge in [-0.15, -0.1) is 11.8 Å². The maximum Gasteiger partial charge on any atom is 0.262 e. The van der Waals surface area contributed by atoms with Crippen molar-refractivity contribution in [1.29, 1.82) is 0 Å². The number of benzene rings is 2. The third kappa shape index (κ3) is 3.11. The van der Waals surface area contributed by atoms with Crippen LogP contribution in [0.25, 0.3) is 12.2 Å². The van der Waals surface area contributed by atoms with Crippen LogP contribution in [0.15, 0.2) is 47.4 Å². The van der Waals surface area contributed by atoms with Gasteiger partial charge in [0, 0.05) is 4.90 Å². The number of fused-ring (bicyclic) bond motifs is 1. The van der Waals surface area contributed by atoms with Crippen LogP contribution < -0.4 is 10.1 Å². The molecule has 0 unspecified atom stereocenters. The van der Waals surface area contributed by atoms with Gasteiger partial charge < -0.3 is 10.1 Å². The summed E-state index contributed by atoms with van der Waals surface area (Å²) in [5.41, 5.74) is 2.94. The molecular formula is C17H15NO2S. The highest BCUT2D eigenvalue weighted by atomic mass is 32.2.